The van der Waals surface area contributed by atoms with Crippen molar-refractivity contribution >= 4 is 0 Å². The first kappa shape index (κ1) is 27.7. The number of hydrogen-bond acceptors (Lipinski definition) is 0. The molecule has 0 aromatic rings. The summed E-state index contributed by atoms with van der Waals surface area (Å²) in [4.78, 5) is 0. The van der Waals surface area contributed by atoms with Crippen molar-refractivity contribution < 1.29 is 99.9 Å². The smallest absolute Gasteiger partial charge is 0 e. The van der Waals surface area contributed by atoms with E-state index in [0.717, 1.165) is 0 Å². The summed E-state index contributed by atoms with van der Waals surface area (Å²) in [5.41, 5.74) is 0. The molecular weight excluding hydrogens is 359 g/mol. The molecule has 0 aliphatic heterocycles. The first-order valence-electron chi connectivity index (χ1n) is 0. The third kappa shape index (κ3) is 8.90. The third-order valence-corrected chi connectivity index (χ3v) is 0. The van der Waals surface area contributed by atoms with Gasteiger partial charge in [0.2, 0.25) is 0 Å². The SMILES string of the molecule is O.[Ce].[Cu].[La]. The van der Waals surface area contributed by atoms with E-state index in [-0.39, 0.29) is 99.9 Å². The van der Waals surface area contributed by atoms with Gasteiger partial charge in [-0.05, 0) is 0 Å². The summed E-state index contributed by atoms with van der Waals surface area (Å²) >= 11 is 0. The Balaban J connectivity index is 0. The fourth-order valence-electron chi connectivity index (χ4n) is 0. The van der Waals surface area contributed by atoms with Crippen LogP contribution in [0.15, 0.2) is 0 Å². The topological polar surface area (TPSA) is 31.5 Å². The standard InChI is InChI=1S/Ce.Cu.La.H2O/h;;;1H2. The molecule has 2 N–H and O–H groups in total. The van der Waals surface area contributed by atoms with Gasteiger partial charge in [0.15, 0.2) is 0 Å². The summed E-state index contributed by atoms with van der Waals surface area (Å²) in [7, 11) is 0. The summed E-state index contributed by atoms with van der Waals surface area (Å²) in [6.07, 6.45) is 0. The molecule has 0 aliphatic rings. The van der Waals surface area contributed by atoms with Crippen LogP contribution in [-0.2, 0) is 17.1 Å². The van der Waals surface area contributed by atoms with Crippen LogP contribution < -0.4 is 0 Å². The van der Waals surface area contributed by atoms with Gasteiger partial charge in [-0.15, -0.1) is 0 Å². The Hall–Kier alpha value is 3.05. The van der Waals surface area contributed by atoms with Crippen molar-refractivity contribution in [2.24, 2.45) is 0 Å². The minimum absolute atomic E-state index is 0. The molecule has 0 aromatic carbocycles. The quantitative estimate of drug-likeness (QED) is 0.505. The van der Waals surface area contributed by atoms with Crippen molar-refractivity contribution in [3.8, 4) is 0 Å². The Labute approximate surface area is 97.4 Å². The predicted molar refractivity (Wildman–Crippen MR) is 3.61 cm³/mol. The van der Waals surface area contributed by atoms with Gasteiger partial charge >= 0.3 is 0 Å². The van der Waals surface area contributed by atoms with Crippen LogP contribution in [0.2, 0.25) is 0 Å². The van der Waals surface area contributed by atoms with Crippen LogP contribution in [-0.4, -0.2) is 5.48 Å². The van der Waals surface area contributed by atoms with Gasteiger partial charge in [0, 0.05) is 94.4 Å². The molecular formula is H2CeCuLaO. The summed E-state index contributed by atoms with van der Waals surface area (Å²) in [6, 6.07) is 0. The molecule has 0 spiro atoms. The van der Waals surface area contributed by atoms with Crippen LogP contribution in [0.4, 0.5) is 0 Å². The summed E-state index contributed by atoms with van der Waals surface area (Å²) in [5, 5.41) is 0. The first-order valence-corrected chi connectivity index (χ1v) is 0. The van der Waals surface area contributed by atoms with Crippen molar-refractivity contribution in [1.82, 2.24) is 0 Å². The average molecular weight is 361 g/mol. The maximum Gasteiger partial charge on any atom is 0 e. The van der Waals surface area contributed by atoms with Crippen LogP contribution in [0.3, 0.4) is 0 Å². The van der Waals surface area contributed by atoms with E-state index in [1.54, 1.807) is 0 Å². The van der Waals surface area contributed by atoms with Gasteiger partial charge in [-0.25, -0.2) is 0 Å². The van der Waals surface area contributed by atoms with Gasteiger partial charge in [0.05, 0.1) is 0 Å². The minimum atomic E-state index is 0. The van der Waals surface area contributed by atoms with E-state index in [0.29, 0.717) is 0 Å². The van der Waals surface area contributed by atoms with Gasteiger partial charge in [-0.2, -0.15) is 0 Å². The van der Waals surface area contributed by atoms with Gasteiger partial charge in [0.1, 0.15) is 0 Å². The second kappa shape index (κ2) is 16.6. The van der Waals surface area contributed by atoms with E-state index in [9.17, 15) is 0 Å². The largest absolute Gasteiger partial charge is 0.412 e. The van der Waals surface area contributed by atoms with Crippen LogP contribution in [0.5, 0.6) is 0 Å². The minimum Gasteiger partial charge on any atom is -0.412 e. The van der Waals surface area contributed by atoms with E-state index in [2.05, 4.69) is 0 Å². The van der Waals surface area contributed by atoms with Crippen LogP contribution in [0.25, 0.3) is 0 Å². The van der Waals surface area contributed by atoms with Crippen molar-refractivity contribution in [2.75, 3.05) is 0 Å². The molecule has 0 amide bonds. The zero-order valence-corrected chi connectivity index (χ0v) is 9.59. The molecule has 26 valence electrons. The van der Waals surface area contributed by atoms with Crippen molar-refractivity contribution in [2.45, 2.75) is 0 Å². The monoisotopic (exact) mass is 360 g/mol. The molecule has 0 atom stereocenters. The number of rotatable bonds is 0. The van der Waals surface area contributed by atoms with E-state index < -0.39 is 0 Å². The molecule has 0 heterocycles. The third-order valence-electron chi connectivity index (χ3n) is 0. The van der Waals surface area contributed by atoms with E-state index >= 15 is 0 Å². The Kier molecular flexibility index (Phi) is 115. The number of hydrogen-bond donors (Lipinski definition) is 0. The van der Waals surface area contributed by atoms with Crippen molar-refractivity contribution in [1.29, 1.82) is 0 Å². The second-order valence-electron chi connectivity index (χ2n) is 0. The normalized spacial score (nSPS) is 0. The Morgan fingerprint density at radius 1 is 1.00 bits per heavy atom. The molecule has 0 aromatic heterocycles. The predicted octanol–water partition coefficient (Wildman–Crippen LogP) is -0.827. The Morgan fingerprint density at radius 2 is 1.00 bits per heavy atom. The van der Waals surface area contributed by atoms with Gasteiger partial charge < -0.3 is 5.48 Å². The molecule has 0 saturated heterocycles. The molecule has 0 unspecified atom stereocenters. The molecule has 4 heavy (non-hydrogen) atoms. The molecule has 4 heteroatoms. The second-order valence-corrected chi connectivity index (χ2v) is 0. The van der Waals surface area contributed by atoms with Gasteiger partial charge in [0.25, 0.3) is 0 Å². The van der Waals surface area contributed by atoms with E-state index in [4.69, 9.17) is 0 Å². The fourth-order valence-corrected chi connectivity index (χ4v) is 0. The van der Waals surface area contributed by atoms with Crippen LogP contribution >= 0.6 is 0 Å². The zero-order chi connectivity index (χ0) is 0. The van der Waals surface area contributed by atoms with E-state index in [1.165, 1.54) is 0 Å². The molecule has 0 fully saturated rings. The van der Waals surface area contributed by atoms with Crippen LogP contribution in [0.1, 0.15) is 0 Å². The molecule has 2 radical (unpaired) electrons. The summed E-state index contributed by atoms with van der Waals surface area (Å²) in [5.74, 6) is 0. The van der Waals surface area contributed by atoms with Gasteiger partial charge in [-0.3, -0.25) is 0 Å². The van der Waals surface area contributed by atoms with E-state index in [1.807, 2.05) is 0 Å². The summed E-state index contributed by atoms with van der Waals surface area (Å²) < 4.78 is 0. The average Bonchev–Trinajstić information content (AvgIpc) is 0. The van der Waals surface area contributed by atoms with Crippen LogP contribution in [0, 0.1) is 77.3 Å². The molecule has 0 aliphatic carbocycles. The molecule has 1 nitrogen and oxygen atoms in total. The van der Waals surface area contributed by atoms with Gasteiger partial charge in [-0.1, -0.05) is 0 Å². The maximum absolute atomic E-state index is 0. The molecule has 0 rings (SSSR count). The molecule has 0 bridgehead atoms. The Bertz CT molecular complexity index is 8.00. The van der Waals surface area contributed by atoms with Crippen molar-refractivity contribution in [3.05, 3.63) is 0 Å². The molecule has 0 saturated carbocycles. The Morgan fingerprint density at radius 3 is 1.00 bits per heavy atom. The fraction of sp³-hybridized carbons (Fsp3) is 0. The maximum atomic E-state index is 0. The summed E-state index contributed by atoms with van der Waals surface area (Å²) in [6.45, 7) is 0. The first-order chi connectivity index (χ1) is 0. The zero-order valence-electron chi connectivity index (χ0n) is 1.88. The van der Waals surface area contributed by atoms with Crippen molar-refractivity contribution in [3.63, 3.8) is 0 Å².